The Morgan fingerprint density at radius 3 is 3.08 bits per heavy atom. The highest BCUT2D eigenvalue weighted by Gasteiger charge is 2.25. The summed E-state index contributed by atoms with van der Waals surface area (Å²) in [5.74, 6) is 1.01. The lowest BCUT2D eigenvalue weighted by molar-refractivity contribution is -0.00803. The van der Waals surface area contributed by atoms with E-state index < -0.39 is 0 Å². The second-order valence-corrected chi connectivity index (χ2v) is 6.85. The number of guanidine groups is 1. The number of hydrogen-bond donors (Lipinski definition) is 1. The van der Waals surface area contributed by atoms with E-state index in [1.54, 1.807) is 5.57 Å². The number of allylic oxidation sites excluding steroid dienone is 1. The van der Waals surface area contributed by atoms with E-state index in [0.29, 0.717) is 0 Å². The molecule has 25 heavy (non-hydrogen) atoms. The summed E-state index contributed by atoms with van der Waals surface area (Å²) < 4.78 is 7.78. The molecule has 0 bridgehead atoms. The molecule has 1 aliphatic carbocycles. The van der Waals surface area contributed by atoms with Gasteiger partial charge in [-0.05, 0) is 39.0 Å². The van der Waals surface area contributed by atoms with Gasteiger partial charge in [0.25, 0.3) is 0 Å². The van der Waals surface area contributed by atoms with E-state index in [0.717, 1.165) is 50.7 Å². The highest BCUT2D eigenvalue weighted by atomic mass is 16.5. The van der Waals surface area contributed by atoms with Gasteiger partial charge in [-0.3, -0.25) is 9.67 Å². The number of nitrogens with one attached hydrogen (secondary N) is 1. The summed E-state index contributed by atoms with van der Waals surface area (Å²) in [6.07, 6.45) is 12.7. The monoisotopic (exact) mass is 345 g/mol. The second-order valence-electron chi connectivity index (χ2n) is 6.85. The molecular formula is C19H31N5O. The number of hydrogen-bond acceptors (Lipinski definition) is 3. The van der Waals surface area contributed by atoms with Crippen molar-refractivity contribution >= 4 is 5.96 Å². The summed E-state index contributed by atoms with van der Waals surface area (Å²) in [5, 5.41) is 7.71. The Hall–Kier alpha value is -1.82. The molecule has 1 N–H and O–H groups in total. The van der Waals surface area contributed by atoms with Crippen LogP contribution in [0.15, 0.2) is 29.0 Å². The molecule has 2 heterocycles. The Balaban J connectivity index is 1.60. The van der Waals surface area contributed by atoms with Gasteiger partial charge in [-0.15, -0.1) is 0 Å². The minimum absolute atomic E-state index is 0.0624. The Bertz CT molecular complexity index is 607. The van der Waals surface area contributed by atoms with E-state index in [1.165, 1.54) is 25.7 Å². The summed E-state index contributed by atoms with van der Waals surface area (Å²) in [5.41, 5.74) is 2.72. The third-order valence-electron chi connectivity index (χ3n) is 4.88. The lowest BCUT2D eigenvalue weighted by Crippen LogP contribution is -2.48. The standard InChI is InChI=1S/C19H31N5O/c1-3-20-19(21-10-9-16-7-5-4-6-8-16)24-11-12-25-18(15-24)17-13-22-23(2)14-17/h7,13-14,18H,3-6,8-12,15H2,1-2H3,(H,20,21). The van der Waals surface area contributed by atoms with E-state index in [-0.39, 0.29) is 6.10 Å². The molecular weight excluding hydrogens is 314 g/mol. The molecule has 0 spiro atoms. The van der Waals surface area contributed by atoms with Gasteiger partial charge in [0.05, 0.1) is 19.3 Å². The van der Waals surface area contributed by atoms with Crippen molar-refractivity contribution in [2.45, 2.75) is 45.1 Å². The van der Waals surface area contributed by atoms with Gasteiger partial charge < -0.3 is 15.0 Å². The zero-order chi connectivity index (χ0) is 17.5. The number of aryl methyl sites for hydroxylation is 1. The highest BCUT2D eigenvalue weighted by molar-refractivity contribution is 5.80. The van der Waals surface area contributed by atoms with Crippen LogP contribution in [-0.4, -0.2) is 53.4 Å². The third-order valence-corrected chi connectivity index (χ3v) is 4.88. The van der Waals surface area contributed by atoms with Crippen LogP contribution in [0.5, 0.6) is 0 Å². The van der Waals surface area contributed by atoms with E-state index in [2.05, 4.69) is 28.3 Å². The average Bonchev–Trinajstić information content (AvgIpc) is 3.08. The van der Waals surface area contributed by atoms with Crippen molar-refractivity contribution in [2.75, 3.05) is 32.8 Å². The first-order valence-corrected chi connectivity index (χ1v) is 9.57. The first-order valence-electron chi connectivity index (χ1n) is 9.57. The molecule has 1 aromatic rings. The average molecular weight is 345 g/mol. The molecule has 0 amide bonds. The number of aliphatic imine (C=N–C) groups is 1. The second kappa shape index (κ2) is 9.04. The van der Waals surface area contributed by atoms with Gasteiger partial charge in [0.15, 0.2) is 5.96 Å². The normalized spacial score (nSPS) is 22.0. The molecule has 1 atom stereocenters. The topological polar surface area (TPSA) is 54.7 Å². The molecule has 1 aromatic heterocycles. The molecule has 1 unspecified atom stereocenters. The predicted molar refractivity (Wildman–Crippen MR) is 101 cm³/mol. The van der Waals surface area contributed by atoms with Crippen LogP contribution >= 0.6 is 0 Å². The lowest BCUT2D eigenvalue weighted by atomic mass is 9.97. The van der Waals surface area contributed by atoms with Crippen LogP contribution in [0.2, 0.25) is 0 Å². The zero-order valence-corrected chi connectivity index (χ0v) is 15.6. The number of aromatic nitrogens is 2. The molecule has 1 fully saturated rings. The Morgan fingerprint density at radius 2 is 2.36 bits per heavy atom. The third kappa shape index (κ3) is 5.08. The molecule has 6 nitrogen and oxygen atoms in total. The van der Waals surface area contributed by atoms with Crippen molar-refractivity contribution in [1.29, 1.82) is 0 Å². The summed E-state index contributed by atoms with van der Waals surface area (Å²) in [6, 6.07) is 0. The van der Waals surface area contributed by atoms with E-state index in [9.17, 15) is 0 Å². The molecule has 1 aliphatic heterocycles. The lowest BCUT2D eigenvalue weighted by Gasteiger charge is -2.34. The van der Waals surface area contributed by atoms with Gasteiger partial charge >= 0.3 is 0 Å². The molecule has 0 radical (unpaired) electrons. The smallest absolute Gasteiger partial charge is 0.194 e. The summed E-state index contributed by atoms with van der Waals surface area (Å²) in [6.45, 7) is 6.29. The fourth-order valence-electron chi connectivity index (χ4n) is 3.51. The fourth-order valence-corrected chi connectivity index (χ4v) is 3.51. The predicted octanol–water partition coefficient (Wildman–Crippen LogP) is 2.65. The van der Waals surface area contributed by atoms with Gasteiger partial charge in [-0.25, -0.2) is 0 Å². The van der Waals surface area contributed by atoms with E-state index in [4.69, 9.17) is 9.73 Å². The van der Waals surface area contributed by atoms with Gasteiger partial charge in [-0.2, -0.15) is 5.10 Å². The maximum atomic E-state index is 5.95. The van der Waals surface area contributed by atoms with Crippen molar-refractivity contribution < 1.29 is 4.74 Å². The maximum Gasteiger partial charge on any atom is 0.194 e. The number of ether oxygens (including phenoxy) is 1. The Kier molecular flexibility index (Phi) is 6.50. The maximum absolute atomic E-state index is 5.95. The van der Waals surface area contributed by atoms with Crippen molar-refractivity contribution in [2.24, 2.45) is 12.0 Å². The van der Waals surface area contributed by atoms with Crippen molar-refractivity contribution in [3.8, 4) is 0 Å². The zero-order valence-electron chi connectivity index (χ0n) is 15.6. The highest BCUT2D eigenvalue weighted by Crippen LogP contribution is 2.22. The largest absolute Gasteiger partial charge is 0.370 e. The van der Waals surface area contributed by atoms with Crippen LogP contribution in [0, 0.1) is 0 Å². The van der Waals surface area contributed by atoms with Crippen LogP contribution < -0.4 is 5.32 Å². The molecule has 0 saturated carbocycles. The summed E-state index contributed by atoms with van der Waals surface area (Å²) >= 11 is 0. The quantitative estimate of drug-likeness (QED) is 0.506. The SMILES string of the molecule is CCNC(=NCCC1=CCCCC1)N1CCOC(c2cnn(C)c2)C1. The van der Waals surface area contributed by atoms with Crippen molar-refractivity contribution in [3.05, 3.63) is 29.6 Å². The minimum atomic E-state index is 0.0624. The molecule has 138 valence electrons. The summed E-state index contributed by atoms with van der Waals surface area (Å²) in [4.78, 5) is 7.20. The minimum Gasteiger partial charge on any atom is -0.370 e. The van der Waals surface area contributed by atoms with Gasteiger partial charge in [0.1, 0.15) is 6.10 Å². The Labute approximate surface area is 150 Å². The van der Waals surface area contributed by atoms with E-state index in [1.807, 2.05) is 24.1 Å². The molecule has 2 aliphatic rings. The molecule has 0 aromatic carbocycles. The van der Waals surface area contributed by atoms with Crippen LogP contribution in [0.3, 0.4) is 0 Å². The van der Waals surface area contributed by atoms with E-state index >= 15 is 0 Å². The van der Waals surface area contributed by atoms with Gasteiger partial charge in [-0.1, -0.05) is 11.6 Å². The number of rotatable bonds is 5. The molecule has 1 saturated heterocycles. The Morgan fingerprint density at radius 1 is 1.44 bits per heavy atom. The fraction of sp³-hybridized carbons (Fsp3) is 0.684. The van der Waals surface area contributed by atoms with Gasteiger partial charge in [0.2, 0.25) is 0 Å². The van der Waals surface area contributed by atoms with Crippen molar-refractivity contribution in [1.82, 2.24) is 20.0 Å². The first kappa shape index (κ1) is 18.0. The number of nitrogens with zero attached hydrogens (tertiary/aromatic N) is 4. The summed E-state index contributed by atoms with van der Waals surface area (Å²) in [7, 11) is 1.94. The van der Waals surface area contributed by atoms with Gasteiger partial charge in [0, 0.05) is 38.4 Å². The van der Waals surface area contributed by atoms with Crippen LogP contribution in [0.1, 0.15) is 50.7 Å². The van der Waals surface area contributed by atoms with Crippen LogP contribution in [0.4, 0.5) is 0 Å². The van der Waals surface area contributed by atoms with Crippen molar-refractivity contribution in [3.63, 3.8) is 0 Å². The number of morpholine rings is 1. The molecule has 6 heteroatoms. The molecule has 3 rings (SSSR count). The van der Waals surface area contributed by atoms with Crippen LogP contribution in [-0.2, 0) is 11.8 Å². The van der Waals surface area contributed by atoms with Crippen LogP contribution in [0.25, 0.3) is 0 Å². The first-order chi connectivity index (χ1) is 12.3.